The van der Waals surface area contributed by atoms with E-state index < -0.39 is 0 Å². The van der Waals surface area contributed by atoms with Gasteiger partial charge in [-0.2, -0.15) is 0 Å². The van der Waals surface area contributed by atoms with Crippen molar-refractivity contribution in [2.45, 2.75) is 52.5 Å². The van der Waals surface area contributed by atoms with Gasteiger partial charge in [0, 0.05) is 10.9 Å². The minimum atomic E-state index is 0.490. The van der Waals surface area contributed by atoms with Crippen LogP contribution in [0.15, 0.2) is 22.6 Å². The molecule has 2 N–H and O–H groups in total. The van der Waals surface area contributed by atoms with Crippen molar-refractivity contribution < 1.29 is 4.42 Å². The maximum absolute atomic E-state index is 6.03. The maximum atomic E-state index is 6.03. The molecule has 0 bridgehead atoms. The van der Waals surface area contributed by atoms with Gasteiger partial charge in [0.05, 0.1) is 6.54 Å². The van der Waals surface area contributed by atoms with E-state index in [0.717, 1.165) is 30.6 Å². The van der Waals surface area contributed by atoms with E-state index >= 15 is 0 Å². The molecule has 0 saturated heterocycles. The Balaban J connectivity index is 2.64. The molecule has 0 aliphatic carbocycles. The van der Waals surface area contributed by atoms with Crippen LogP contribution in [0.5, 0.6) is 0 Å². The standard InChI is InChI=1S/C16H23NO/c1-4-7-13-14-9-6-8-12(11(3)5-2)16(14)18-15(13)10-17/h6,8-9,11H,4-5,7,10,17H2,1-3H3. The molecule has 1 heterocycles. The average molecular weight is 245 g/mol. The summed E-state index contributed by atoms with van der Waals surface area (Å²) in [4.78, 5) is 0. The Morgan fingerprint density at radius 3 is 2.67 bits per heavy atom. The lowest BCUT2D eigenvalue weighted by atomic mass is 9.95. The van der Waals surface area contributed by atoms with Crippen molar-refractivity contribution in [3.63, 3.8) is 0 Å². The van der Waals surface area contributed by atoms with Crippen LogP contribution in [0, 0.1) is 0 Å². The van der Waals surface area contributed by atoms with Gasteiger partial charge in [0.15, 0.2) is 0 Å². The summed E-state index contributed by atoms with van der Waals surface area (Å²) in [5.41, 5.74) is 9.48. The van der Waals surface area contributed by atoms with E-state index in [2.05, 4.69) is 39.0 Å². The summed E-state index contributed by atoms with van der Waals surface area (Å²) >= 11 is 0. The molecule has 98 valence electrons. The van der Waals surface area contributed by atoms with E-state index in [1.807, 2.05) is 0 Å². The van der Waals surface area contributed by atoms with Crippen LogP contribution >= 0.6 is 0 Å². The van der Waals surface area contributed by atoms with Crippen LogP contribution in [0.4, 0.5) is 0 Å². The van der Waals surface area contributed by atoms with Gasteiger partial charge in [0.1, 0.15) is 11.3 Å². The molecule has 1 unspecified atom stereocenters. The van der Waals surface area contributed by atoms with Gasteiger partial charge in [-0.05, 0) is 24.3 Å². The third-order valence-corrected chi connectivity index (χ3v) is 3.76. The van der Waals surface area contributed by atoms with Crippen molar-refractivity contribution in [3.8, 4) is 0 Å². The summed E-state index contributed by atoms with van der Waals surface area (Å²) in [6.45, 7) is 7.14. The van der Waals surface area contributed by atoms with Crippen LogP contribution in [0.1, 0.15) is 56.4 Å². The molecule has 0 fully saturated rings. The lowest BCUT2D eigenvalue weighted by molar-refractivity contribution is 0.537. The Bertz CT molecular complexity index is 527. The Morgan fingerprint density at radius 1 is 1.28 bits per heavy atom. The molecule has 1 atom stereocenters. The molecule has 2 heteroatoms. The van der Waals surface area contributed by atoms with Crippen molar-refractivity contribution >= 4 is 11.0 Å². The van der Waals surface area contributed by atoms with Crippen LogP contribution in [0.25, 0.3) is 11.0 Å². The van der Waals surface area contributed by atoms with Crippen molar-refractivity contribution in [3.05, 3.63) is 35.1 Å². The number of hydrogen-bond acceptors (Lipinski definition) is 2. The highest BCUT2D eigenvalue weighted by Crippen LogP contribution is 2.33. The Morgan fingerprint density at radius 2 is 2.06 bits per heavy atom. The summed E-state index contributed by atoms with van der Waals surface area (Å²) < 4.78 is 6.03. The van der Waals surface area contributed by atoms with Gasteiger partial charge in [0.2, 0.25) is 0 Å². The molecule has 1 aromatic carbocycles. The number of aryl methyl sites for hydroxylation is 1. The number of rotatable bonds is 5. The smallest absolute Gasteiger partial charge is 0.138 e. The first kappa shape index (κ1) is 13.2. The van der Waals surface area contributed by atoms with Gasteiger partial charge in [-0.15, -0.1) is 0 Å². The molecule has 0 saturated carbocycles. The first-order valence-electron chi connectivity index (χ1n) is 6.96. The zero-order chi connectivity index (χ0) is 13.1. The second-order valence-corrected chi connectivity index (χ2v) is 4.99. The predicted octanol–water partition coefficient (Wildman–Crippen LogP) is 4.36. The minimum absolute atomic E-state index is 0.490. The lowest BCUT2D eigenvalue weighted by Gasteiger charge is -2.09. The SMILES string of the molecule is CCCc1c(CN)oc2c(C(C)CC)cccc12. The van der Waals surface area contributed by atoms with Crippen LogP contribution in [-0.4, -0.2) is 0 Å². The van der Waals surface area contributed by atoms with Gasteiger partial charge >= 0.3 is 0 Å². The molecule has 0 amide bonds. The van der Waals surface area contributed by atoms with Crippen LogP contribution in [0.3, 0.4) is 0 Å². The molecule has 2 rings (SSSR count). The fourth-order valence-corrected chi connectivity index (χ4v) is 2.54. The number of hydrogen-bond donors (Lipinski definition) is 1. The normalized spacial score (nSPS) is 13.1. The quantitative estimate of drug-likeness (QED) is 0.850. The third-order valence-electron chi connectivity index (χ3n) is 3.76. The summed E-state index contributed by atoms with van der Waals surface area (Å²) in [6.07, 6.45) is 3.29. The minimum Gasteiger partial charge on any atom is -0.459 e. The molecule has 0 aliphatic heterocycles. The van der Waals surface area contributed by atoms with Crippen LogP contribution < -0.4 is 5.73 Å². The highest BCUT2D eigenvalue weighted by molar-refractivity contribution is 5.85. The number of nitrogens with two attached hydrogens (primary N) is 1. The van der Waals surface area contributed by atoms with Crippen molar-refractivity contribution in [2.24, 2.45) is 5.73 Å². The molecule has 2 nitrogen and oxygen atoms in total. The van der Waals surface area contributed by atoms with Gasteiger partial charge in [0.25, 0.3) is 0 Å². The summed E-state index contributed by atoms with van der Waals surface area (Å²) in [6, 6.07) is 6.48. The molecule has 2 aromatic rings. The molecular formula is C16H23NO. The van der Waals surface area contributed by atoms with E-state index in [4.69, 9.17) is 10.2 Å². The first-order chi connectivity index (χ1) is 8.72. The van der Waals surface area contributed by atoms with Crippen LogP contribution in [0.2, 0.25) is 0 Å². The van der Waals surface area contributed by atoms with E-state index in [1.54, 1.807) is 0 Å². The van der Waals surface area contributed by atoms with E-state index in [1.165, 1.54) is 16.5 Å². The van der Waals surface area contributed by atoms with Crippen molar-refractivity contribution in [1.82, 2.24) is 0 Å². The van der Waals surface area contributed by atoms with E-state index in [-0.39, 0.29) is 0 Å². The maximum Gasteiger partial charge on any atom is 0.138 e. The topological polar surface area (TPSA) is 39.2 Å². The second kappa shape index (κ2) is 5.57. The number of para-hydroxylation sites is 1. The summed E-state index contributed by atoms with van der Waals surface area (Å²) in [5.74, 6) is 1.49. The van der Waals surface area contributed by atoms with Gasteiger partial charge in [-0.1, -0.05) is 45.4 Å². The Kier molecular flexibility index (Phi) is 4.07. The van der Waals surface area contributed by atoms with E-state index in [9.17, 15) is 0 Å². The number of furan rings is 1. The summed E-state index contributed by atoms with van der Waals surface area (Å²) in [7, 11) is 0. The largest absolute Gasteiger partial charge is 0.459 e. The zero-order valence-electron chi connectivity index (χ0n) is 11.6. The average Bonchev–Trinajstić information content (AvgIpc) is 2.76. The monoisotopic (exact) mass is 245 g/mol. The Hall–Kier alpha value is -1.28. The van der Waals surface area contributed by atoms with Gasteiger partial charge in [-0.3, -0.25) is 0 Å². The van der Waals surface area contributed by atoms with Crippen LogP contribution in [-0.2, 0) is 13.0 Å². The highest BCUT2D eigenvalue weighted by atomic mass is 16.3. The molecular weight excluding hydrogens is 222 g/mol. The van der Waals surface area contributed by atoms with Gasteiger partial charge in [-0.25, -0.2) is 0 Å². The van der Waals surface area contributed by atoms with E-state index in [0.29, 0.717) is 12.5 Å². The number of fused-ring (bicyclic) bond motifs is 1. The Labute approximate surface area is 109 Å². The van der Waals surface area contributed by atoms with Crippen molar-refractivity contribution in [2.75, 3.05) is 0 Å². The molecule has 0 spiro atoms. The highest BCUT2D eigenvalue weighted by Gasteiger charge is 2.17. The molecule has 1 aromatic heterocycles. The fourth-order valence-electron chi connectivity index (χ4n) is 2.54. The van der Waals surface area contributed by atoms with Gasteiger partial charge < -0.3 is 10.2 Å². The lowest BCUT2D eigenvalue weighted by Crippen LogP contribution is -1.98. The number of benzene rings is 1. The summed E-state index contributed by atoms with van der Waals surface area (Å²) in [5, 5.41) is 1.26. The first-order valence-corrected chi connectivity index (χ1v) is 6.96. The molecule has 18 heavy (non-hydrogen) atoms. The predicted molar refractivity (Wildman–Crippen MR) is 76.8 cm³/mol. The fraction of sp³-hybridized carbons (Fsp3) is 0.500. The third kappa shape index (κ3) is 2.17. The molecule has 0 aliphatic rings. The molecule has 0 radical (unpaired) electrons. The second-order valence-electron chi connectivity index (χ2n) is 4.99. The van der Waals surface area contributed by atoms with Crippen molar-refractivity contribution in [1.29, 1.82) is 0 Å². The zero-order valence-corrected chi connectivity index (χ0v) is 11.6.